The molecule has 0 spiro atoms. The largest absolute Gasteiger partial charge is 0.311 e. The lowest BCUT2D eigenvalue weighted by molar-refractivity contribution is -0.107. The molecule has 0 radical (unpaired) electrons. The molecule has 1 aromatic carbocycles. The lowest BCUT2D eigenvalue weighted by atomic mass is 9.87. The molecule has 1 unspecified atom stereocenters. The van der Waals surface area contributed by atoms with Crippen molar-refractivity contribution < 1.29 is 4.79 Å². The van der Waals surface area contributed by atoms with Gasteiger partial charge in [-0.2, -0.15) is 0 Å². The van der Waals surface area contributed by atoms with Crippen LogP contribution in [0, 0.1) is 0 Å². The van der Waals surface area contributed by atoms with Crippen LogP contribution in [0.3, 0.4) is 0 Å². The van der Waals surface area contributed by atoms with Crippen molar-refractivity contribution in [3.8, 4) is 0 Å². The molecule has 0 aliphatic carbocycles. The molecule has 0 bridgehead atoms. The summed E-state index contributed by atoms with van der Waals surface area (Å²) < 4.78 is 0. The third-order valence-corrected chi connectivity index (χ3v) is 3.21. The first kappa shape index (κ1) is 12.9. The van der Waals surface area contributed by atoms with Crippen LogP contribution < -0.4 is 5.32 Å². The van der Waals surface area contributed by atoms with Gasteiger partial charge in [-0.15, -0.1) is 0 Å². The van der Waals surface area contributed by atoms with Crippen LogP contribution in [0.1, 0.15) is 38.2 Å². The molecule has 2 heteroatoms. The minimum Gasteiger partial charge on any atom is -0.311 e. The standard InChI is InChI=1S/C14H21NO/c1-14(15-2,11-7-4-8-12-16)13-9-5-3-6-10-13/h3,5-6,9-10,12,15H,4,7-8,11H2,1-2H3. The lowest BCUT2D eigenvalue weighted by Gasteiger charge is -2.30. The van der Waals surface area contributed by atoms with Crippen molar-refractivity contribution in [2.75, 3.05) is 7.05 Å². The number of carbonyl (C=O) groups is 1. The zero-order chi connectivity index (χ0) is 11.9. The average Bonchev–Trinajstić information content (AvgIpc) is 2.35. The van der Waals surface area contributed by atoms with E-state index >= 15 is 0 Å². The van der Waals surface area contributed by atoms with Crippen molar-refractivity contribution in [2.45, 2.75) is 38.1 Å². The zero-order valence-electron chi connectivity index (χ0n) is 10.2. The smallest absolute Gasteiger partial charge is 0.119 e. The van der Waals surface area contributed by atoms with E-state index in [1.807, 2.05) is 13.1 Å². The van der Waals surface area contributed by atoms with Crippen LogP contribution in [0.25, 0.3) is 0 Å². The second-order valence-corrected chi connectivity index (χ2v) is 4.36. The van der Waals surface area contributed by atoms with E-state index in [2.05, 4.69) is 36.5 Å². The molecule has 1 atom stereocenters. The van der Waals surface area contributed by atoms with Gasteiger partial charge in [0.15, 0.2) is 0 Å². The first-order valence-corrected chi connectivity index (χ1v) is 5.91. The Morgan fingerprint density at radius 3 is 2.50 bits per heavy atom. The summed E-state index contributed by atoms with van der Waals surface area (Å²) in [7, 11) is 1.99. The molecule has 1 rings (SSSR count). The fourth-order valence-electron chi connectivity index (χ4n) is 1.93. The van der Waals surface area contributed by atoms with Crippen molar-refractivity contribution in [3.05, 3.63) is 35.9 Å². The highest BCUT2D eigenvalue weighted by atomic mass is 16.1. The van der Waals surface area contributed by atoms with E-state index in [1.54, 1.807) is 0 Å². The number of carbonyl (C=O) groups excluding carboxylic acids is 1. The van der Waals surface area contributed by atoms with E-state index in [-0.39, 0.29) is 5.54 Å². The molecular formula is C14H21NO. The van der Waals surface area contributed by atoms with Crippen LogP contribution >= 0.6 is 0 Å². The molecule has 0 aliphatic heterocycles. The number of rotatable bonds is 7. The Labute approximate surface area is 98.1 Å². The van der Waals surface area contributed by atoms with Gasteiger partial charge in [0, 0.05) is 12.0 Å². The van der Waals surface area contributed by atoms with Gasteiger partial charge in [-0.25, -0.2) is 0 Å². The van der Waals surface area contributed by atoms with E-state index in [4.69, 9.17) is 0 Å². The second-order valence-electron chi connectivity index (χ2n) is 4.36. The molecule has 16 heavy (non-hydrogen) atoms. The van der Waals surface area contributed by atoms with Crippen molar-refractivity contribution in [2.24, 2.45) is 0 Å². The molecule has 0 aliphatic rings. The monoisotopic (exact) mass is 219 g/mol. The van der Waals surface area contributed by atoms with E-state index in [9.17, 15) is 4.79 Å². The number of aldehydes is 1. The predicted octanol–water partition coefficient (Wildman–Crippen LogP) is 2.88. The highest BCUT2D eigenvalue weighted by Gasteiger charge is 2.23. The normalized spacial score (nSPS) is 14.4. The molecule has 0 fully saturated rings. The maximum absolute atomic E-state index is 10.3. The highest BCUT2D eigenvalue weighted by molar-refractivity contribution is 5.48. The van der Waals surface area contributed by atoms with Crippen molar-refractivity contribution in [1.29, 1.82) is 0 Å². The van der Waals surface area contributed by atoms with Gasteiger partial charge < -0.3 is 10.1 Å². The molecule has 0 saturated heterocycles. The van der Waals surface area contributed by atoms with E-state index in [1.165, 1.54) is 5.56 Å². The number of hydrogen-bond acceptors (Lipinski definition) is 2. The molecule has 1 aromatic rings. The summed E-state index contributed by atoms with van der Waals surface area (Å²) in [5.74, 6) is 0. The zero-order valence-corrected chi connectivity index (χ0v) is 10.2. The number of unbranched alkanes of at least 4 members (excludes halogenated alkanes) is 2. The molecule has 0 aromatic heterocycles. The second kappa shape index (κ2) is 6.44. The van der Waals surface area contributed by atoms with Crippen LogP contribution in [0.15, 0.2) is 30.3 Å². The Morgan fingerprint density at radius 1 is 1.25 bits per heavy atom. The van der Waals surface area contributed by atoms with E-state index < -0.39 is 0 Å². The fourth-order valence-corrected chi connectivity index (χ4v) is 1.93. The van der Waals surface area contributed by atoms with Crippen LogP contribution in [-0.4, -0.2) is 13.3 Å². The number of benzene rings is 1. The van der Waals surface area contributed by atoms with Gasteiger partial charge in [0.2, 0.25) is 0 Å². The summed E-state index contributed by atoms with van der Waals surface area (Å²) in [4.78, 5) is 10.3. The van der Waals surface area contributed by atoms with Crippen molar-refractivity contribution in [3.63, 3.8) is 0 Å². The summed E-state index contributed by atoms with van der Waals surface area (Å²) in [5.41, 5.74) is 1.33. The summed E-state index contributed by atoms with van der Waals surface area (Å²) >= 11 is 0. The van der Waals surface area contributed by atoms with Crippen LogP contribution in [0.2, 0.25) is 0 Å². The summed E-state index contributed by atoms with van der Waals surface area (Å²) in [6, 6.07) is 10.5. The third kappa shape index (κ3) is 3.46. The van der Waals surface area contributed by atoms with Crippen LogP contribution in [0.5, 0.6) is 0 Å². The van der Waals surface area contributed by atoms with Gasteiger partial charge in [0.25, 0.3) is 0 Å². The molecule has 1 N–H and O–H groups in total. The minimum atomic E-state index is 0.0180. The first-order chi connectivity index (χ1) is 7.73. The van der Waals surface area contributed by atoms with E-state index in [0.29, 0.717) is 6.42 Å². The van der Waals surface area contributed by atoms with E-state index in [0.717, 1.165) is 25.5 Å². The van der Waals surface area contributed by atoms with Gasteiger partial charge in [-0.3, -0.25) is 0 Å². The molecule has 2 nitrogen and oxygen atoms in total. The van der Waals surface area contributed by atoms with Crippen LogP contribution in [-0.2, 0) is 10.3 Å². The molecule has 0 amide bonds. The van der Waals surface area contributed by atoms with Gasteiger partial charge in [0.05, 0.1) is 0 Å². The van der Waals surface area contributed by atoms with Gasteiger partial charge in [-0.1, -0.05) is 36.8 Å². The Hall–Kier alpha value is -1.15. The van der Waals surface area contributed by atoms with Crippen LogP contribution in [0.4, 0.5) is 0 Å². The maximum Gasteiger partial charge on any atom is 0.119 e. The lowest BCUT2D eigenvalue weighted by Crippen LogP contribution is -2.36. The SMILES string of the molecule is CNC(C)(CCCCC=O)c1ccccc1. The molecule has 0 saturated carbocycles. The average molecular weight is 219 g/mol. The fraction of sp³-hybridized carbons (Fsp3) is 0.500. The minimum absolute atomic E-state index is 0.0180. The molecular weight excluding hydrogens is 198 g/mol. The van der Waals surface area contributed by atoms with Gasteiger partial charge in [0.1, 0.15) is 6.29 Å². The first-order valence-electron chi connectivity index (χ1n) is 5.91. The maximum atomic E-state index is 10.3. The summed E-state index contributed by atoms with van der Waals surface area (Å²) in [6.45, 7) is 2.21. The summed E-state index contributed by atoms with van der Waals surface area (Å²) in [5, 5.41) is 3.38. The number of nitrogens with one attached hydrogen (secondary N) is 1. The summed E-state index contributed by atoms with van der Waals surface area (Å²) in [6.07, 6.45) is 4.79. The Morgan fingerprint density at radius 2 is 1.94 bits per heavy atom. The molecule has 0 heterocycles. The van der Waals surface area contributed by atoms with Crippen molar-refractivity contribution >= 4 is 6.29 Å². The highest BCUT2D eigenvalue weighted by Crippen LogP contribution is 2.26. The third-order valence-electron chi connectivity index (χ3n) is 3.21. The predicted molar refractivity (Wildman–Crippen MR) is 67.4 cm³/mol. The Balaban J connectivity index is 2.59. The van der Waals surface area contributed by atoms with Crippen molar-refractivity contribution in [1.82, 2.24) is 5.32 Å². The van der Waals surface area contributed by atoms with Gasteiger partial charge in [-0.05, 0) is 32.4 Å². The molecule has 88 valence electrons. The topological polar surface area (TPSA) is 29.1 Å². The quantitative estimate of drug-likeness (QED) is 0.564. The van der Waals surface area contributed by atoms with Gasteiger partial charge >= 0.3 is 0 Å². The Kier molecular flexibility index (Phi) is 5.20. The number of hydrogen-bond donors (Lipinski definition) is 1. The Bertz CT molecular complexity index is 310.